The van der Waals surface area contributed by atoms with Gasteiger partial charge in [0.15, 0.2) is 11.4 Å². The van der Waals surface area contributed by atoms with E-state index >= 15 is 0 Å². The lowest BCUT2D eigenvalue weighted by atomic mass is 9.94. The molecule has 10 N–H and O–H groups in total. The second-order valence-corrected chi connectivity index (χ2v) is 25.0. The lowest BCUT2D eigenvalue weighted by Gasteiger charge is -2.18. The molecular weight excluding hydrogens is 1210 g/mol. The monoisotopic (exact) mass is 1240 g/mol. The van der Waals surface area contributed by atoms with E-state index in [0.717, 1.165) is 121 Å². The molecule has 0 aromatic heterocycles. The number of hydrogen-bond donors (Lipinski definition) is 10. The molecule has 0 bridgehead atoms. The highest BCUT2D eigenvalue weighted by molar-refractivity contribution is 7.91. The highest BCUT2D eigenvalue weighted by Gasteiger charge is 2.35. The average Bonchev–Trinajstić information content (AvgIpc) is 3.57. The molecule has 2 amide bonds. The first-order valence-electron chi connectivity index (χ1n) is 21.9. The van der Waals surface area contributed by atoms with Crippen LogP contribution < -0.4 is 21.5 Å². The van der Waals surface area contributed by atoms with Crippen molar-refractivity contribution in [3.63, 3.8) is 0 Å². The number of carbonyl (C=O) groups is 3. The van der Waals surface area contributed by atoms with Gasteiger partial charge in [0, 0.05) is 22.5 Å². The summed E-state index contributed by atoms with van der Waals surface area (Å²) < 4.78 is 204. The second kappa shape index (κ2) is 22.2. The minimum Gasteiger partial charge on any atom is -0.308 e. The minimum absolute atomic E-state index is 0.0537. The first-order chi connectivity index (χ1) is 38.1. The molecule has 82 heavy (non-hydrogen) atoms. The van der Waals surface area contributed by atoms with Gasteiger partial charge in [-0.2, -0.15) is 81.2 Å². The van der Waals surface area contributed by atoms with Crippen LogP contribution in [0.2, 0.25) is 0 Å². The molecular formula is C45H32N10O21S6. The zero-order chi connectivity index (χ0) is 59.9. The van der Waals surface area contributed by atoms with E-state index in [1.54, 1.807) is 0 Å². The fourth-order valence-corrected chi connectivity index (χ4v) is 10.9. The van der Waals surface area contributed by atoms with Gasteiger partial charge >= 0.3 is 6.03 Å². The molecule has 0 unspecified atom stereocenters. The Hall–Kier alpha value is -8.99. The molecule has 31 nitrogen and oxygen atoms in total. The van der Waals surface area contributed by atoms with E-state index in [-0.39, 0.29) is 56.4 Å². The maximum atomic E-state index is 13.7. The standard InChI is InChI=1S/C45H32N10O21S6/c56-43-33-13-5-27(17-23(33)19-39(81(71,72)73)41(43)54-52-35-15-7-29(21-37(35)79(65,66)67)50-48-25-1-9-31(10-2-25)77(59,60)61)46-45(58)47-28-6-14-34-24(18-28)20-40(82(74,75)76)42(44(34)57)55-53-36-16-8-30(22-38(36)80(68,69)70)51-49-26-3-11-32(12-4-26)78(62,63)64/h1-22,52-53H,(H2,46,47,58)(H,59,60,61)(H,62,63,64)(H,65,66,67)(H,68,69,70)(H,71,72,73)(H,74,75,76)/b50-48?,51-49?,54-41-,55-42?. The fraction of sp³-hybridized carbons (Fsp3) is 0. The Kier molecular flexibility index (Phi) is 16.0. The van der Waals surface area contributed by atoms with Crippen LogP contribution in [0, 0.1) is 0 Å². The van der Waals surface area contributed by atoms with Gasteiger partial charge in [-0.3, -0.25) is 47.8 Å². The van der Waals surface area contributed by atoms with Gasteiger partial charge in [-0.05, 0) is 145 Å². The number of azo groups is 2. The summed E-state index contributed by atoms with van der Waals surface area (Å²) in [6.07, 6.45) is 1.58. The number of Topliss-reactive ketones (excluding diaryl/α,β-unsaturated/α-hetero) is 2. The SMILES string of the molecule is O=C(Nc1ccc2c(c1)C=C(S(=O)(=O)O)C(=NNc1ccc(N=Nc3ccc(S(=O)(=O)O)cc3)cc1S(=O)(=O)O)C2=O)Nc1ccc2c(c1)C=C(S(=O)(=O)O)/C(=N/Nc1ccc(N=Nc3ccc(S(=O)(=O)O)cc3)cc1S(=O)(=O)O)C2=O. The van der Waals surface area contributed by atoms with Gasteiger partial charge in [-0.15, -0.1) is 0 Å². The van der Waals surface area contributed by atoms with Crippen LogP contribution in [0.25, 0.3) is 12.2 Å². The summed E-state index contributed by atoms with van der Waals surface area (Å²) in [5.74, 6) is -2.30. The topological polar surface area (TPSA) is 500 Å². The molecule has 0 fully saturated rings. The third kappa shape index (κ3) is 13.8. The number of nitrogens with zero attached hydrogens (tertiary/aromatic N) is 6. The van der Waals surface area contributed by atoms with Crippen molar-refractivity contribution in [1.82, 2.24) is 0 Å². The van der Waals surface area contributed by atoms with Crippen molar-refractivity contribution in [2.75, 3.05) is 21.5 Å². The summed E-state index contributed by atoms with van der Waals surface area (Å²) in [5.41, 5.74) is -0.0489. The summed E-state index contributed by atoms with van der Waals surface area (Å²) in [5, 5.41) is 27.6. The predicted molar refractivity (Wildman–Crippen MR) is 289 cm³/mol. The highest BCUT2D eigenvalue weighted by Crippen LogP contribution is 2.34. The Morgan fingerprint density at radius 2 is 0.707 bits per heavy atom. The molecule has 0 radical (unpaired) electrons. The molecule has 0 saturated heterocycles. The van der Waals surface area contributed by atoms with E-state index in [1.807, 2.05) is 0 Å². The van der Waals surface area contributed by atoms with Crippen molar-refractivity contribution in [3.8, 4) is 0 Å². The third-order valence-corrected chi connectivity index (χ3v) is 16.3. The van der Waals surface area contributed by atoms with Gasteiger partial charge < -0.3 is 10.6 Å². The fourth-order valence-electron chi connectivity index (χ4n) is 7.32. The van der Waals surface area contributed by atoms with Gasteiger partial charge in [-0.1, -0.05) is 0 Å². The number of anilines is 4. The number of amides is 2. The Labute approximate surface area is 462 Å². The Bertz CT molecular complexity index is 4370. The van der Waals surface area contributed by atoms with Crippen LogP contribution in [-0.4, -0.2) is 107 Å². The predicted octanol–water partition coefficient (Wildman–Crippen LogP) is 6.93. The van der Waals surface area contributed by atoms with Gasteiger partial charge in [0.2, 0.25) is 11.6 Å². The Balaban J connectivity index is 0.981. The van der Waals surface area contributed by atoms with E-state index < -0.39 is 130 Å². The Morgan fingerprint density at radius 1 is 0.378 bits per heavy atom. The van der Waals surface area contributed by atoms with Crippen LogP contribution in [0.15, 0.2) is 181 Å². The zero-order valence-corrected chi connectivity index (χ0v) is 45.0. The van der Waals surface area contributed by atoms with Crippen LogP contribution in [0.3, 0.4) is 0 Å². The zero-order valence-electron chi connectivity index (χ0n) is 40.1. The summed E-state index contributed by atoms with van der Waals surface area (Å²) >= 11 is 0. The van der Waals surface area contributed by atoms with E-state index in [4.69, 9.17) is 9.11 Å². The lowest BCUT2D eigenvalue weighted by Crippen LogP contribution is -2.28. The molecule has 37 heteroatoms. The first-order valence-corrected chi connectivity index (χ1v) is 30.5. The van der Waals surface area contributed by atoms with Gasteiger partial charge in [0.05, 0.1) is 43.9 Å². The molecule has 0 saturated carbocycles. The average molecular weight is 1240 g/mol. The number of fused-ring (bicyclic) bond motifs is 2. The highest BCUT2D eigenvalue weighted by atomic mass is 32.2. The maximum absolute atomic E-state index is 13.7. The van der Waals surface area contributed by atoms with E-state index in [1.165, 1.54) is 12.1 Å². The van der Waals surface area contributed by atoms with Crippen LogP contribution in [-0.2, 0) is 60.7 Å². The number of nitrogens with one attached hydrogen (secondary N) is 4. The van der Waals surface area contributed by atoms with Gasteiger partial charge in [0.25, 0.3) is 60.7 Å². The number of benzene rings is 6. The number of rotatable bonds is 16. The summed E-state index contributed by atoms with van der Waals surface area (Å²) in [6, 6.07) is 20.4. The van der Waals surface area contributed by atoms with Crippen molar-refractivity contribution >= 4 is 147 Å². The van der Waals surface area contributed by atoms with Crippen molar-refractivity contribution in [2.45, 2.75) is 19.6 Å². The number of urea groups is 1. The normalized spacial score (nSPS) is 15.2. The first kappa shape index (κ1) is 59.1. The van der Waals surface area contributed by atoms with E-state index in [2.05, 4.69) is 52.1 Å². The molecule has 0 aliphatic heterocycles. The molecule has 0 spiro atoms. The van der Waals surface area contributed by atoms with Crippen LogP contribution in [0.1, 0.15) is 31.8 Å². The maximum Gasteiger partial charge on any atom is 0.323 e. The van der Waals surface area contributed by atoms with Crippen molar-refractivity contribution in [1.29, 1.82) is 0 Å². The van der Waals surface area contributed by atoms with Crippen molar-refractivity contribution in [2.24, 2.45) is 30.7 Å². The largest absolute Gasteiger partial charge is 0.323 e. The molecule has 8 rings (SSSR count). The minimum atomic E-state index is -5.31. The van der Waals surface area contributed by atoms with E-state index in [0.29, 0.717) is 0 Å². The molecule has 6 aromatic carbocycles. The smallest absolute Gasteiger partial charge is 0.308 e. The lowest BCUT2D eigenvalue weighted by molar-refractivity contribution is 0.105. The summed E-state index contributed by atoms with van der Waals surface area (Å²) in [4.78, 5) is 35.8. The Morgan fingerprint density at radius 3 is 1.02 bits per heavy atom. The molecule has 2 aliphatic carbocycles. The molecule has 6 aromatic rings. The van der Waals surface area contributed by atoms with Crippen LogP contribution >= 0.6 is 0 Å². The van der Waals surface area contributed by atoms with Crippen LogP contribution in [0.4, 0.5) is 50.3 Å². The molecule has 424 valence electrons. The molecule has 2 aliphatic rings. The second-order valence-electron chi connectivity index (χ2n) is 16.6. The number of carbonyl (C=O) groups excluding carboxylic acids is 3. The number of allylic oxidation sites excluding steroid dienone is 2. The molecule has 0 atom stereocenters. The number of hydrazone groups is 2. The summed E-state index contributed by atoms with van der Waals surface area (Å²) in [7, 11) is -29.9. The van der Waals surface area contributed by atoms with Gasteiger partial charge in [-0.25, -0.2) is 4.79 Å². The molecule has 0 heterocycles. The van der Waals surface area contributed by atoms with Gasteiger partial charge in [0.1, 0.15) is 19.6 Å². The van der Waals surface area contributed by atoms with E-state index in [9.17, 15) is 83.1 Å². The van der Waals surface area contributed by atoms with Crippen LogP contribution in [0.5, 0.6) is 0 Å². The third-order valence-electron chi connectivity index (χ3n) is 11.0. The van der Waals surface area contributed by atoms with Crippen molar-refractivity contribution < 1.29 is 92.2 Å². The quantitative estimate of drug-likeness (QED) is 0.0266. The van der Waals surface area contributed by atoms with Crippen molar-refractivity contribution in [3.05, 3.63) is 153 Å². The number of ketones is 2. The summed E-state index contributed by atoms with van der Waals surface area (Å²) in [6.45, 7) is 0. The number of hydrogen-bond acceptors (Lipinski definition) is 23.